The molecule has 1 saturated heterocycles. The van der Waals surface area contributed by atoms with Crippen molar-refractivity contribution >= 4 is 32.4 Å². The normalized spacial score (nSPS) is 22.8. The summed E-state index contributed by atoms with van der Waals surface area (Å²) < 4.78 is 0. The number of anilines is 1. The summed E-state index contributed by atoms with van der Waals surface area (Å²) in [5.74, 6) is 0. The summed E-state index contributed by atoms with van der Waals surface area (Å²) >= 11 is 5.31. The third-order valence-electron chi connectivity index (χ3n) is 2.82. The van der Waals surface area contributed by atoms with Crippen LogP contribution in [0.4, 0.5) is 5.13 Å². The molecule has 5 heteroatoms. The number of halogens is 1. The Kier molecular flexibility index (Phi) is 3.97. The summed E-state index contributed by atoms with van der Waals surface area (Å²) in [6.07, 6.45) is 5.23. The van der Waals surface area contributed by atoms with E-state index in [1.165, 1.54) is 25.7 Å². The van der Waals surface area contributed by atoms with Gasteiger partial charge in [0, 0.05) is 17.9 Å². The van der Waals surface area contributed by atoms with E-state index in [4.69, 9.17) is 0 Å². The first-order valence-electron chi connectivity index (χ1n) is 5.44. The summed E-state index contributed by atoms with van der Waals surface area (Å²) in [6, 6.07) is 0.597. The highest BCUT2D eigenvalue weighted by Gasteiger charge is 2.22. The molecule has 0 N–H and O–H groups in total. The van der Waals surface area contributed by atoms with Crippen LogP contribution in [0.2, 0.25) is 0 Å². The van der Waals surface area contributed by atoms with Crippen LogP contribution in [-0.2, 0) is 0 Å². The van der Waals surface area contributed by atoms with E-state index in [9.17, 15) is 0 Å². The molecule has 0 aliphatic carbocycles. The molecule has 0 radical (unpaired) electrons. The van der Waals surface area contributed by atoms with Gasteiger partial charge in [-0.1, -0.05) is 40.1 Å². The Balaban J connectivity index is 2.16. The predicted octanol–water partition coefficient (Wildman–Crippen LogP) is 2.99. The summed E-state index contributed by atoms with van der Waals surface area (Å²) in [5.41, 5.74) is 0. The van der Waals surface area contributed by atoms with Gasteiger partial charge in [0.05, 0.1) is 0 Å². The smallest absolute Gasteiger partial charge is 0.208 e. The average molecular weight is 290 g/mol. The SMILES string of the molecule is Cc1nnc(N2CCCCCC2CBr)s1. The maximum absolute atomic E-state index is 4.25. The van der Waals surface area contributed by atoms with Crippen LogP contribution < -0.4 is 4.90 Å². The van der Waals surface area contributed by atoms with Gasteiger partial charge in [-0.25, -0.2) is 0 Å². The Morgan fingerprint density at radius 3 is 2.93 bits per heavy atom. The molecule has 1 aromatic rings. The second-order valence-corrected chi connectivity index (χ2v) is 5.76. The standard InChI is InChI=1S/C10H16BrN3S/c1-8-12-13-10(15-8)14-6-4-2-3-5-9(14)7-11/h9H,2-7H2,1H3. The molecule has 1 aliphatic rings. The molecule has 84 valence electrons. The van der Waals surface area contributed by atoms with Crippen molar-refractivity contribution in [2.75, 3.05) is 16.8 Å². The molecule has 1 aliphatic heterocycles. The van der Waals surface area contributed by atoms with Crippen molar-refractivity contribution in [2.24, 2.45) is 0 Å². The van der Waals surface area contributed by atoms with Crippen molar-refractivity contribution < 1.29 is 0 Å². The Labute approximate surface area is 103 Å². The molecule has 15 heavy (non-hydrogen) atoms. The first-order valence-corrected chi connectivity index (χ1v) is 7.38. The molecular formula is C10H16BrN3S. The number of rotatable bonds is 2. The highest BCUT2D eigenvalue weighted by atomic mass is 79.9. The minimum absolute atomic E-state index is 0.597. The van der Waals surface area contributed by atoms with Crippen LogP contribution in [0, 0.1) is 6.92 Å². The van der Waals surface area contributed by atoms with Crippen LogP contribution in [0.25, 0.3) is 0 Å². The highest BCUT2D eigenvalue weighted by molar-refractivity contribution is 9.09. The molecule has 1 fully saturated rings. The fourth-order valence-corrected chi connectivity index (χ4v) is 3.45. The second kappa shape index (κ2) is 5.25. The zero-order valence-corrected chi connectivity index (χ0v) is 11.4. The highest BCUT2D eigenvalue weighted by Crippen LogP contribution is 2.27. The molecule has 1 unspecified atom stereocenters. The van der Waals surface area contributed by atoms with E-state index in [0.717, 1.165) is 22.0 Å². The molecular weight excluding hydrogens is 274 g/mol. The number of alkyl halides is 1. The van der Waals surface area contributed by atoms with Gasteiger partial charge >= 0.3 is 0 Å². The van der Waals surface area contributed by atoms with Crippen molar-refractivity contribution in [3.8, 4) is 0 Å². The number of aryl methyl sites for hydroxylation is 1. The topological polar surface area (TPSA) is 29.0 Å². The van der Waals surface area contributed by atoms with Gasteiger partial charge in [0.1, 0.15) is 5.01 Å². The Morgan fingerprint density at radius 2 is 2.27 bits per heavy atom. The predicted molar refractivity (Wildman–Crippen MR) is 68.0 cm³/mol. The van der Waals surface area contributed by atoms with Crippen LogP contribution in [0.15, 0.2) is 0 Å². The fraction of sp³-hybridized carbons (Fsp3) is 0.800. The maximum Gasteiger partial charge on any atom is 0.208 e. The lowest BCUT2D eigenvalue weighted by molar-refractivity contribution is 0.623. The van der Waals surface area contributed by atoms with Crippen molar-refractivity contribution in [3.63, 3.8) is 0 Å². The Hall–Kier alpha value is -0.160. The summed E-state index contributed by atoms with van der Waals surface area (Å²) in [5, 5.41) is 11.5. The average Bonchev–Trinajstić information content (AvgIpc) is 2.54. The minimum Gasteiger partial charge on any atom is -0.343 e. The van der Waals surface area contributed by atoms with E-state index < -0.39 is 0 Å². The van der Waals surface area contributed by atoms with Gasteiger partial charge in [-0.2, -0.15) is 0 Å². The molecule has 0 aromatic carbocycles. The fourth-order valence-electron chi connectivity index (χ4n) is 1.99. The number of aromatic nitrogens is 2. The van der Waals surface area contributed by atoms with Crippen LogP contribution in [0.3, 0.4) is 0 Å². The van der Waals surface area contributed by atoms with Gasteiger partial charge in [0.25, 0.3) is 0 Å². The summed E-state index contributed by atoms with van der Waals surface area (Å²) in [6.45, 7) is 3.15. The van der Waals surface area contributed by atoms with Gasteiger partial charge in [0.2, 0.25) is 5.13 Å². The molecule has 0 amide bonds. The van der Waals surface area contributed by atoms with E-state index in [-0.39, 0.29) is 0 Å². The van der Waals surface area contributed by atoms with Gasteiger partial charge in [-0.15, -0.1) is 10.2 Å². The Morgan fingerprint density at radius 1 is 1.40 bits per heavy atom. The van der Waals surface area contributed by atoms with Gasteiger partial charge < -0.3 is 4.90 Å². The third kappa shape index (κ3) is 2.69. The number of hydrogen-bond donors (Lipinski definition) is 0. The van der Waals surface area contributed by atoms with Crippen LogP contribution in [0.1, 0.15) is 30.7 Å². The lowest BCUT2D eigenvalue weighted by atomic mass is 10.1. The molecule has 0 saturated carbocycles. The monoisotopic (exact) mass is 289 g/mol. The van der Waals surface area contributed by atoms with Crippen molar-refractivity contribution in [1.29, 1.82) is 0 Å². The van der Waals surface area contributed by atoms with Crippen LogP contribution in [-0.4, -0.2) is 28.1 Å². The molecule has 3 nitrogen and oxygen atoms in total. The number of hydrogen-bond acceptors (Lipinski definition) is 4. The lowest BCUT2D eigenvalue weighted by Gasteiger charge is -2.27. The van der Waals surface area contributed by atoms with Gasteiger partial charge in [-0.05, 0) is 19.8 Å². The third-order valence-corrected chi connectivity index (χ3v) is 4.44. The molecule has 0 bridgehead atoms. The molecule has 1 atom stereocenters. The van der Waals surface area contributed by atoms with E-state index in [2.05, 4.69) is 31.0 Å². The van der Waals surface area contributed by atoms with E-state index in [0.29, 0.717) is 6.04 Å². The first kappa shape index (κ1) is 11.3. The Bertz CT molecular complexity index is 315. The zero-order valence-electron chi connectivity index (χ0n) is 8.95. The van der Waals surface area contributed by atoms with E-state index in [1.807, 2.05) is 6.92 Å². The second-order valence-electron chi connectivity index (χ2n) is 3.95. The van der Waals surface area contributed by atoms with Crippen molar-refractivity contribution in [2.45, 2.75) is 38.6 Å². The zero-order chi connectivity index (χ0) is 10.7. The summed E-state index contributed by atoms with van der Waals surface area (Å²) in [4.78, 5) is 2.42. The van der Waals surface area contributed by atoms with Gasteiger partial charge in [-0.3, -0.25) is 0 Å². The molecule has 2 heterocycles. The minimum atomic E-state index is 0.597. The maximum atomic E-state index is 4.25. The van der Waals surface area contributed by atoms with Crippen molar-refractivity contribution in [3.05, 3.63) is 5.01 Å². The lowest BCUT2D eigenvalue weighted by Crippen LogP contribution is -2.36. The first-order chi connectivity index (χ1) is 7.31. The van der Waals surface area contributed by atoms with Gasteiger partial charge in [0.15, 0.2) is 0 Å². The van der Waals surface area contributed by atoms with Crippen molar-refractivity contribution in [1.82, 2.24) is 10.2 Å². The largest absolute Gasteiger partial charge is 0.343 e. The van der Waals surface area contributed by atoms with Crippen LogP contribution >= 0.6 is 27.3 Å². The number of nitrogens with zero attached hydrogens (tertiary/aromatic N) is 3. The summed E-state index contributed by atoms with van der Waals surface area (Å²) in [7, 11) is 0. The van der Waals surface area contributed by atoms with Crippen LogP contribution in [0.5, 0.6) is 0 Å². The quantitative estimate of drug-likeness (QED) is 0.784. The molecule has 0 spiro atoms. The molecule has 2 rings (SSSR count). The van der Waals surface area contributed by atoms with E-state index >= 15 is 0 Å². The molecule has 1 aromatic heterocycles. The van der Waals surface area contributed by atoms with E-state index in [1.54, 1.807) is 11.3 Å².